The van der Waals surface area contributed by atoms with Crippen LogP contribution in [0.1, 0.15) is 13.8 Å². The van der Waals surface area contributed by atoms with Crippen molar-refractivity contribution in [2.45, 2.75) is 38.1 Å². The molecule has 1 aromatic carbocycles. The van der Waals surface area contributed by atoms with Crippen LogP contribution in [-0.4, -0.2) is 61.1 Å². The minimum atomic E-state index is 0.0432. The number of quaternary nitrogens is 1. The smallest absolute Gasteiger partial charge is 0.223 e. The van der Waals surface area contributed by atoms with Gasteiger partial charge in [0.25, 0.3) is 0 Å². The summed E-state index contributed by atoms with van der Waals surface area (Å²) in [4.78, 5) is 9.06. The third-order valence-electron chi connectivity index (χ3n) is 5.36. The van der Waals surface area contributed by atoms with Gasteiger partial charge in [-0.25, -0.2) is 9.97 Å². The van der Waals surface area contributed by atoms with Crippen molar-refractivity contribution in [3.8, 4) is 17.0 Å². The van der Waals surface area contributed by atoms with Gasteiger partial charge in [-0.15, -0.1) is 0 Å². The Labute approximate surface area is 165 Å². The van der Waals surface area contributed by atoms with Crippen LogP contribution in [0.25, 0.3) is 11.3 Å². The zero-order valence-corrected chi connectivity index (χ0v) is 16.7. The van der Waals surface area contributed by atoms with E-state index in [9.17, 15) is 0 Å². The molecule has 0 spiro atoms. The largest absolute Gasteiger partial charge is 0.497 e. The van der Waals surface area contributed by atoms with Gasteiger partial charge in [0.1, 0.15) is 30.6 Å². The number of hydrogen-bond donors (Lipinski definition) is 2. The molecular formula is C21H29N4O3+. The molecule has 0 saturated carbocycles. The second-order valence-corrected chi connectivity index (χ2v) is 7.87. The highest BCUT2D eigenvalue weighted by Gasteiger charge is 2.49. The summed E-state index contributed by atoms with van der Waals surface area (Å²) < 4.78 is 17.3. The number of nitrogens with two attached hydrogens (primary N) is 1. The molecular weight excluding hydrogens is 356 g/mol. The normalized spacial score (nSPS) is 26.4. The van der Waals surface area contributed by atoms with Crippen LogP contribution in [0.5, 0.6) is 5.75 Å². The second-order valence-electron chi connectivity index (χ2n) is 7.87. The Kier molecular flexibility index (Phi) is 5.75. The van der Waals surface area contributed by atoms with E-state index in [-0.39, 0.29) is 18.2 Å². The van der Waals surface area contributed by atoms with Crippen LogP contribution in [0.15, 0.2) is 36.5 Å². The van der Waals surface area contributed by atoms with Crippen molar-refractivity contribution < 1.29 is 19.5 Å². The van der Waals surface area contributed by atoms with Gasteiger partial charge in [0.2, 0.25) is 5.95 Å². The lowest BCUT2D eigenvalue weighted by atomic mass is 10.1. The third-order valence-corrected chi connectivity index (χ3v) is 5.36. The van der Waals surface area contributed by atoms with Crippen molar-refractivity contribution in [1.29, 1.82) is 0 Å². The van der Waals surface area contributed by atoms with Crippen LogP contribution in [0, 0.1) is 5.92 Å². The molecule has 150 valence electrons. The molecule has 2 aliphatic rings. The average Bonchev–Trinajstić information content (AvgIpc) is 3.30. The molecule has 0 amide bonds. The van der Waals surface area contributed by atoms with E-state index < -0.39 is 0 Å². The molecule has 0 unspecified atom stereocenters. The van der Waals surface area contributed by atoms with Crippen LogP contribution in [0.4, 0.5) is 5.95 Å². The van der Waals surface area contributed by atoms with Gasteiger partial charge in [-0.1, -0.05) is 13.8 Å². The number of benzene rings is 1. The lowest BCUT2D eigenvalue weighted by Gasteiger charge is -2.17. The van der Waals surface area contributed by atoms with E-state index in [0.717, 1.165) is 30.2 Å². The Morgan fingerprint density at radius 2 is 1.93 bits per heavy atom. The fraction of sp³-hybridized carbons (Fsp3) is 0.524. The molecule has 28 heavy (non-hydrogen) atoms. The van der Waals surface area contributed by atoms with E-state index >= 15 is 0 Å². The quantitative estimate of drug-likeness (QED) is 0.748. The van der Waals surface area contributed by atoms with E-state index in [4.69, 9.17) is 14.2 Å². The van der Waals surface area contributed by atoms with Gasteiger partial charge in [-0.05, 0) is 30.3 Å². The number of fused-ring (bicyclic) bond motifs is 1. The number of anilines is 1. The highest BCUT2D eigenvalue weighted by Crippen LogP contribution is 2.28. The van der Waals surface area contributed by atoms with Crippen LogP contribution in [0.2, 0.25) is 0 Å². The first-order valence-electron chi connectivity index (χ1n) is 9.94. The van der Waals surface area contributed by atoms with Gasteiger partial charge in [0, 0.05) is 17.7 Å². The number of nitrogens with zero attached hydrogens (tertiary/aromatic N) is 2. The summed E-state index contributed by atoms with van der Waals surface area (Å²) in [5.41, 5.74) is 1.89. The monoisotopic (exact) mass is 385 g/mol. The highest BCUT2D eigenvalue weighted by molar-refractivity contribution is 5.61. The topological polar surface area (TPSA) is 82.1 Å². The molecule has 3 heterocycles. The second kappa shape index (κ2) is 8.43. The lowest BCUT2D eigenvalue weighted by molar-refractivity contribution is -0.697. The molecule has 7 nitrogen and oxygen atoms in total. The number of aromatic nitrogens is 2. The van der Waals surface area contributed by atoms with Crippen molar-refractivity contribution in [1.82, 2.24) is 9.97 Å². The summed E-state index contributed by atoms with van der Waals surface area (Å²) in [5, 5.41) is 5.78. The summed E-state index contributed by atoms with van der Waals surface area (Å²) in [6.07, 6.45) is 1.94. The Hall–Kier alpha value is -2.22. The van der Waals surface area contributed by atoms with Gasteiger partial charge in [-0.3, -0.25) is 0 Å². The molecule has 2 saturated heterocycles. The third kappa shape index (κ3) is 4.11. The first-order valence-corrected chi connectivity index (χ1v) is 9.94. The van der Waals surface area contributed by atoms with Crippen LogP contribution in [0.3, 0.4) is 0 Å². The van der Waals surface area contributed by atoms with Crippen LogP contribution >= 0.6 is 0 Å². The molecule has 0 aliphatic carbocycles. The summed E-state index contributed by atoms with van der Waals surface area (Å²) >= 11 is 0. The minimum Gasteiger partial charge on any atom is -0.497 e. The Morgan fingerprint density at radius 3 is 2.68 bits per heavy atom. The zero-order valence-electron chi connectivity index (χ0n) is 16.7. The number of rotatable bonds is 7. The molecule has 0 bridgehead atoms. The van der Waals surface area contributed by atoms with E-state index in [1.807, 2.05) is 30.3 Å². The van der Waals surface area contributed by atoms with Crippen LogP contribution in [-0.2, 0) is 9.47 Å². The summed E-state index contributed by atoms with van der Waals surface area (Å²) in [6.45, 7) is 6.89. The zero-order chi connectivity index (χ0) is 19.5. The molecule has 7 heteroatoms. The average molecular weight is 385 g/mol. The first kappa shape index (κ1) is 19.1. The van der Waals surface area contributed by atoms with E-state index in [1.165, 1.54) is 0 Å². The van der Waals surface area contributed by atoms with Crippen molar-refractivity contribution in [2.75, 3.05) is 32.2 Å². The molecule has 1 aromatic heterocycles. The predicted octanol–water partition coefficient (Wildman–Crippen LogP) is 1.32. The molecule has 4 atom stereocenters. The van der Waals surface area contributed by atoms with E-state index in [2.05, 4.69) is 34.4 Å². The van der Waals surface area contributed by atoms with Crippen molar-refractivity contribution in [3.05, 3.63) is 36.5 Å². The number of hydrogen-bond acceptors (Lipinski definition) is 6. The summed E-state index contributed by atoms with van der Waals surface area (Å²) in [6, 6.07) is 10.2. The molecule has 2 aliphatic heterocycles. The fourth-order valence-electron chi connectivity index (χ4n) is 3.82. The maximum atomic E-state index is 6.06. The fourth-order valence-corrected chi connectivity index (χ4v) is 3.82. The number of ether oxygens (including phenoxy) is 3. The molecule has 2 aromatic rings. The van der Waals surface area contributed by atoms with Gasteiger partial charge in [0.05, 0.1) is 32.0 Å². The van der Waals surface area contributed by atoms with E-state index in [0.29, 0.717) is 24.5 Å². The standard InChI is InChI=1S/C21H28N4O3/c1-13(2)10-23-17-11-27-20-18(12-28-19(17)20)25-21-22-9-8-16(24-21)14-4-6-15(26-3)7-5-14/h4-9,13,17-20,23H,10-12H2,1-3H3,(H,22,24,25)/p+1/t17-,18-,19+,20+/m0/s1. The predicted molar refractivity (Wildman–Crippen MR) is 106 cm³/mol. The minimum absolute atomic E-state index is 0.0432. The molecule has 3 N–H and O–H groups in total. The Bertz CT molecular complexity index is 783. The summed E-state index contributed by atoms with van der Waals surface area (Å²) in [5.74, 6) is 2.08. The van der Waals surface area contributed by atoms with Crippen LogP contribution < -0.4 is 15.4 Å². The van der Waals surface area contributed by atoms with Crippen molar-refractivity contribution in [3.63, 3.8) is 0 Å². The number of methoxy groups -OCH3 is 1. The van der Waals surface area contributed by atoms with Gasteiger partial charge in [0.15, 0.2) is 0 Å². The Morgan fingerprint density at radius 1 is 1.14 bits per heavy atom. The van der Waals surface area contributed by atoms with Gasteiger partial charge in [-0.2, -0.15) is 0 Å². The molecule has 0 radical (unpaired) electrons. The number of nitrogens with one attached hydrogen (secondary N) is 1. The molecule has 2 fully saturated rings. The maximum Gasteiger partial charge on any atom is 0.223 e. The van der Waals surface area contributed by atoms with E-state index in [1.54, 1.807) is 13.3 Å². The molecule has 4 rings (SSSR count). The van der Waals surface area contributed by atoms with Crippen molar-refractivity contribution >= 4 is 5.95 Å². The highest BCUT2D eigenvalue weighted by atomic mass is 16.6. The summed E-state index contributed by atoms with van der Waals surface area (Å²) in [7, 11) is 1.66. The van der Waals surface area contributed by atoms with Gasteiger partial charge < -0.3 is 24.8 Å². The van der Waals surface area contributed by atoms with Crippen molar-refractivity contribution in [2.24, 2.45) is 5.92 Å². The lowest BCUT2D eigenvalue weighted by Crippen LogP contribution is -2.93. The van der Waals surface area contributed by atoms with Gasteiger partial charge >= 0.3 is 0 Å². The maximum absolute atomic E-state index is 6.06. The Balaban J connectivity index is 1.41. The SMILES string of the molecule is COc1ccc(-c2ccnc(N[C@H]3CO[C@H]4[C@@H]3OC[C@@H]4[NH2+]CC(C)C)n2)cc1. The first-order chi connectivity index (χ1) is 13.6.